The molecule has 0 atom stereocenters. The van der Waals surface area contributed by atoms with Crippen LogP contribution in [0.15, 0.2) is 54.6 Å². The maximum atomic E-state index is 2.68. The number of hydrogen-bond acceptors (Lipinski definition) is 1. The maximum Gasteiger partial charge on any atom is -0.00104 e. The molecule has 1 aliphatic rings. The van der Waals surface area contributed by atoms with Crippen molar-refractivity contribution in [3.05, 3.63) is 71.3 Å². The van der Waals surface area contributed by atoms with Crippen molar-refractivity contribution < 1.29 is 0 Å². The summed E-state index contributed by atoms with van der Waals surface area (Å²) in [6.07, 6.45) is 5.18. The fourth-order valence-corrected chi connectivity index (χ4v) is 3.95. The fourth-order valence-electron chi connectivity index (χ4n) is 3.95. The Bertz CT molecular complexity index is 634. The van der Waals surface area contributed by atoms with Gasteiger partial charge in [-0.25, -0.2) is 0 Å². The Morgan fingerprint density at radius 3 is 2.20 bits per heavy atom. The standard InChI is InChI=1S/C24H33N/c1-20-9-11-23(12-10-20)24(2,3)15-18-25-16-13-22(14-17-25)19-21-7-5-4-6-8-21/h4-12,22H,13-19H2,1-3H3. The number of nitrogens with zero attached hydrogens (tertiary/aromatic N) is 1. The van der Waals surface area contributed by atoms with E-state index < -0.39 is 0 Å². The minimum Gasteiger partial charge on any atom is -0.303 e. The monoisotopic (exact) mass is 335 g/mol. The molecule has 0 spiro atoms. The van der Waals surface area contributed by atoms with Crippen LogP contribution in [0, 0.1) is 12.8 Å². The average Bonchev–Trinajstić information content (AvgIpc) is 2.62. The van der Waals surface area contributed by atoms with Crippen molar-refractivity contribution in [3.8, 4) is 0 Å². The number of likely N-dealkylation sites (tertiary alicyclic amines) is 1. The van der Waals surface area contributed by atoms with E-state index in [0.717, 1.165) is 5.92 Å². The van der Waals surface area contributed by atoms with E-state index in [1.165, 1.54) is 62.0 Å². The summed E-state index contributed by atoms with van der Waals surface area (Å²) in [5, 5.41) is 0. The van der Waals surface area contributed by atoms with Crippen LogP contribution in [0.5, 0.6) is 0 Å². The molecule has 134 valence electrons. The predicted molar refractivity (Wildman–Crippen MR) is 108 cm³/mol. The van der Waals surface area contributed by atoms with Crippen LogP contribution in [0.25, 0.3) is 0 Å². The normalized spacial score (nSPS) is 16.9. The minimum atomic E-state index is 0.259. The molecule has 25 heavy (non-hydrogen) atoms. The zero-order valence-corrected chi connectivity index (χ0v) is 16.2. The van der Waals surface area contributed by atoms with Crippen molar-refractivity contribution in [2.45, 2.75) is 51.9 Å². The number of hydrogen-bond donors (Lipinski definition) is 0. The smallest absolute Gasteiger partial charge is 0.00104 e. The summed E-state index contributed by atoms with van der Waals surface area (Å²) >= 11 is 0. The second-order valence-corrected chi connectivity index (χ2v) is 8.47. The van der Waals surface area contributed by atoms with Gasteiger partial charge in [-0.2, -0.15) is 0 Å². The van der Waals surface area contributed by atoms with Crippen molar-refractivity contribution in [1.82, 2.24) is 4.90 Å². The molecule has 2 aromatic carbocycles. The van der Waals surface area contributed by atoms with E-state index in [-0.39, 0.29) is 5.41 Å². The Kier molecular flexibility index (Phi) is 5.96. The van der Waals surface area contributed by atoms with Gasteiger partial charge in [0.2, 0.25) is 0 Å². The highest BCUT2D eigenvalue weighted by Crippen LogP contribution is 2.29. The lowest BCUT2D eigenvalue weighted by atomic mass is 9.81. The van der Waals surface area contributed by atoms with Crippen LogP contribution in [0.2, 0.25) is 0 Å². The minimum absolute atomic E-state index is 0.259. The van der Waals surface area contributed by atoms with Gasteiger partial charge in [-0.1, -0.05) is 74.0 Å². The summed E-state index contributed by atoms with van der Waals surface area (Å²) in [6, 6.07) is 20.1. The molecule has 3 rings (SSSR count). The first-order chi connectivity index (χ1) is 12.0. The maximum absolute atomic E-state index is 2.68. The molecule has 0 radical (unpaired) electrons. The fraction of sp³-hybridized carbons (Fsp3) is 0.500. The SMILES string of the molecule is Cc1ccc(C(C)(C)CCN2CCC(Cc3ccccc3)CC2)cc1. The number of rotatable bonds is 6. The summed E-state index contributed by atoms with van der Waals surface area (Å²) in [4.78, 5) is 2.68. The summed E-state index contributed by atoms with van der Waals surface area (Å²) < 4.78 is 0. The topological polar surface area (TPSA) is 3.24 Å². The molecule has 0 amide bonds. The molecule has 0 saturated carbocycles. The molecule has 0 aromatic heterocycles. The van der Waals surface area contributed by atoms with Gasteiger partial charge in [-0.3, -0.25) is 0 Å². The van der Waals surface area contributed by atoms with Crippen molar-refractivity contribution >= 4 is 0 Å². The Balaban J connectivity index is 1.45. The van der Waals surface area contributed by atoms with Crippen molar-refractivity contribution in [3.63, 3.8) is 0 Å². The number of aryl methyl sites for hydroxylation is 1. The molecule has 1 nitrogen and oxygen atoms in total. The molecular formula is C24H33N. The Morgan fingerprint density at radius 1 is 0.920 bits per heavy atom. The lowest BCUT2D eigenvalue weighted by Gasteiger charge is -2.35. The highest BCUT2D eigenvalue weighted by Gasteiger charge is 2.24. The van der Waals surface area contributed by atoms with Crippen molar-refractivity contribution in [2.24, 2.45) is 5.92 Å². The Labute approximate surface area is 154 Å². The first-order valence-electron chi connectivity index (χ1n) is 9.86. The first-order valence-corrected chi connectivity index (χ1v) is 9.86. The van der Waals surface area contributed by atoms with Gasteiger partial charge in [0.05, 0.1) is 0 Å². The summed E-state index contributed by atoms with van der Waals surface area (Å²) in [6.45, 7) is 10.7. The third kappa shape index (κ3) is 5.19. The molecule has 0 unspecified atom stereocenters. The van der Waals surface area contributed by atoms with Crippen LogP contribution in [-0.2, 0) is 11.8 Å². The van der Waals surface area contributed by atoms with Crippen LogP contribution < -0.4 is 0 Å². The van der Waals surface area contributed by atoms with E-state index in [1.807, 2.05) is 0 Å². The average molecular weight is 336 g/mol. The van der Waals surface area contributed by atoms with Crippen LogP contribution in [0.1, 0.15) is 49.8 Å². The second kappa shape index (κ2) is 8.19. The quantitative estimate of drug-likeness (QED) is 0.662. The van der Waals surface area contributed by atoms with E-state index in [1.54, 1.807) is 0 Å². The van der Waals surface area contributed by atoms with Gasteiger partial charge in [-0.05, 0) is 74.7 Å². The van der Waals surface area contributed by atoms with E-state index in [9.17, 15) is 0 Å². The Morgan fingerprint density at radius 2 is 1.56 bits per heavy atom. The van der Waals surface area contributed by atoms with Gasteiger partial charge in [0, 0.05) is 0 Å². The molecule has 0 N–H and O–H groups in total. The second-order valence-electron chi connectivity index (χ2n) is 8.47. The van der Waals surface area contributed by atoms with Gasteiger partial charge in [0.25, 0.3) is 0 Å². The lowest BCUT2D eigenvalue weighted by molar-refractivity contribution is 0.172. The molecule has 1 heterocycles. The number of piperidine rings is 1. The van der Waals surface area contributed by atoms with Gasteiger partial charge >= 0.3 is 0 Å². The van der Waals surface area contributed by atoms with E-state index >= 15 is 0 Å². The van der Waals surface area contributed by atoms with Crippen LogP contribution in [0.4, 0.5) is 0 Å². The molecule has 0 aliphatic carbocycles. The van der Waals surface area contributed by atoms with Crippen LogP contribution in [-0.4, -0.2) is 24.5 Å². The molecular weight excluding hydrogens is 302 g/mol. The van der Waals surface area contributed by atoms with Crippen LogP contribution >= 0.6 is 0 Å². The molecule has 0 bridgehead atoms. The van der Waals surface area contributed by atoms with Crippen molar-refractivity contribution in [1.29, 1.82) is 0 Å². The molecule has 1 fully saturated rings. The lowest BCUT2D eigenvalue weighted by Crippen LogP contribution is -2.37. The summed E-state index contributed by atoms with van der Waals surface area (Å²) in [5.74, 6) is 0.865. The van der Waals surface area contributed by atoms with E-state index in [2.05, 4.69) is 80.3 Å². The Hall–Kier alpha value is -1.60. The molecule has 1 heteroatoms. The van der Waals surface area contributed by atoms with Gasteiger partial charge in [0.15, 0.2) is 0 Å². The van der Waals surface area contributed by atoms with Gasteiger partial charge < -0.3 is 4.90 Å². The largest absolute Gasteiger partial charge is 0.303 e. The van der Waals surface area contributed by atoms with Crippen LogP contribution in [0.3, 0.4) is 0 Å². The van der Waals surface area contributed by atoms with E-state index in [0.29, 0.717) is 0 Å². The zero-order valence-electron chi connectivity index (χ0n) is 16.2. The molecule has 1 saturated heterocycles. The first kappa shape index (κ1) is 18.2. The number of benzene rings is 2. The van der Waals surface area contributed by atoms with Crippen molar-refractivity contribution in [2.75, 3.05) is 19.6 Å². The zero-order chi connectivity index (χ0) is 17.7. The van der Waals surface area contributed by atoms with Gasteiger partial charge in [0.1, 0.15) is 0 Å². The molecule has 1 aliphatic heterocycles. The third-order valence-electron chi connectivity index (χ3n) is 5.96. The molecule has 2 aromatic rings. The third-order valence-corrected chi connectivity index (χ3v) is 5.96. The van der Waals surface area contributed by atoms with Gasteiger partial charge in [-0.15, -0.1) is 0 Å². The highest BCUT2D eigenvalue weighted by molar-refractivity contribution is 5.27. The summed E-state index contributed by atoms with van der Waals surface area (Å²) in [7, 11) is 0. The van der Waals surface area contributed by atoms with E-state index in [4.69, 9.17) is 0 Å². The summed E-state index contributed by atoms with van der Waals surface area (Å²) in [5.41, 5.74) is 4.58. The highest BCUT2D eigenvalue weighted by atomic mass is 15.1. The predicted octanol–water partition coefficient (Wildman–Crippen LogP) is 5.62.